The number of aliphatic hydroxyl groups is 1. The van der Waals surface area contributed by atoms with E-state index in [1.807, 2.05) is 18.2 Å². The Labute approximate surface area is 247 Å². The van der Waals surface area contributed by atoms with Gasteiger partial charge < -0.3 is 52.5 Å². The summed E-state index contributed by atoms with van der Waals surface area (Å²) in [6, 6.07) is 9.07. The predicted octanol–water partition coefficient (Wildman–Crippen LogP) is 0.301. The first-order valence-electron chi connectivity index (χ1n) is 13.6. The minimum absolute atomic E-state index is 0.0508. The van der Waals surface area contributed by atoms with E-state index in [0.29, 0.717) is 5.56 Å². The molecule has 238 valence electrons. The van der Waals surface area contributed by atoms with Gasteiger partial charge in [0.2, 0.25) is 0 Å². The number of carbonyl (C=O) groups is 4. The lowest BCUT2D eigenvalue weighted by atomic mass is 9.95. The topological polar surface area (TPSA) is 181 Å². The molecule has 3 fully saturated rings. The molecular weight excluding hydrogens is 576 g/mol. The average molecular weight is 613 g/mol. The van der Waals surface area contributed by atoms with Crippen molar-refractivity contribution >= 4 is 23.9 Å². The average Bonchev–Trinajstić information content (AvgIpc) is 2.95. The number of benzene rings is 1. The van der Waals surface area contributed by atoms with Crippen LogP contribution in [-0.2, 0) is 66.5 Å². The fourth-order valence-electron chi connectivity index (χ4n) is 5.15. The molecule has 3 heterocycles. The Hall–Kier alpha value is -3.18. The van der Waals surface area contributed by atoms with E-state index in [-0.39, 0.29) is 6.61 Å². The Morgan fingerprint density at radius 2 is 1.42 bits per heavy atom. The van der Waals surface area contributed by atoms with Crippen LogP contribution in [0.4, 0.5) is 0 Å². The molecule has 0 saturated carbocycles. The van der Waals surface area contributed by atoms with E-state index in [9.17, 15) is 24.3 Å². The van der Waals surface area contributed by atoms with Gasteiger partial charge in [-0.3, -0.25) is 19.2 Å². The van der Waals surface area contributed by atoms with Crippen LogP contribution in [-0.4, -0.2) is 111 Å². The van der Waals surface area contributed by atoms with Crippen molar-refractivity contribution in [2.24, 2.45) is 0 Å². The van der Waals surface area contributed by atoms with Gasteiger partial charge in [-0.05, 0) is 0 Å². The van der Waals surface area contributed by atoms with Crippen LogP contribution in [0.5, 0.6) is 0 Å². The quantitative estimate of drug-likeness (QED) is 0.297. The summed E-state index contributed by atoms with van der Waals surface area (Å²) in [5.74, 6) is -3.03. The highest BCUT2D eigenvalue weighted by molar-refractivity contribution is 5.68. The molecule has 15 nitrogen and oxygen atoms in total. The number of rotatable bonds is 9. The number of hydrogen-bond donors (Lipinski definition) is 1. The van der Waals surface area contributed by atoms with E-state index in [1.165, 1.54) is 7.11 Å². The van der Waals surface area contributed by atoms with Gasteiger partial charge in [0.1, 0.15) is 37.1 Å². The molecule has 0 spiro atoms. The van der Waals surface area contributed by atoms with Gasteiger partial charge in [0.05, 0.1) is 6.61 Å². The molecule has 1 unspecified atom stereocenters. The van der Waals surface area contributed by atoms with Crippen molar-refractivity contribution in [1.29, 1.82) is 0 Å². The summed E-state index contributed by atoms with van der Waals surface area (Å²) in [5.41, 5.74) is 0.704. The largest absolute Gasteiger partial charge is 0.463 e. The molecule has 15 heteroatoms. The maximum atomic E-state index is 12.2. The van der Waals surface area contributed by atoms with Gasteiger partial charge in [0.15, 0.2) is 37.2 Å². The molecule has 43 heavy (non-hydrogen) atoms. The van der Waals surface area contributed by atoms with Gasteiger partial charge in [-0.25, -0.2) is 0 Å². The molecule has 3 saturated heterocycles. The summed E-state index contributed by atoms with van der Waals surface area (Å²) in [4.78, 5) is 48.0. The zero-order valence-corrected chi connectivity index (χ0v) is 24.3. The first kappa shape index (κ1) is 32.7. The Morgan fingerprint density at radius 3 is 2.02 bits per heavy atom. The van der Waals surface area contributed by atoms with Crippen LogP contribution in [0, 0.1) is 0 Å². The maximum Gasteiger partial charge on any atom is 0.303 e. The van der Waals surface area contributed by atoms with Crippen molar-refractivity contribution in [3.8, 4) is 0 Å². The summed E-state index contributed by atoms with van der Waals surface area (Å²) in [6.45, 7) is 4.11. The smallest absolute Gasteiger partial charge is 0.303 e. The van der Waals surface area contributed by atoms with Crippen LogP contribution in [0.1, 0.15) is 39.5 Å². The van der Waals surface area contributed by atoms with Gasteiger partial charge in [-0.2, -0.15) is 0 Å². The van der Waals surface area contributed by atoms with Crippen LogP contribution in [0.3, 0.4) is 0 Å². The molecule has 0 aliphatic carbocycles. The Kier molecular flexibility index (Phi) is 11.1. The van der Waals surface area contributed by atoms with Crippen molar-refractivity contribution in [2.45, 2.75) is 95.4 Å². The monoisotopic (exact) mass is 612 g/mol. The molecule has 4 rings (SSSR count). The first-order valence-corrected chi connectivity index (χ1v) is 13.6. The second kappa shape index (κ2) is 14.5. The zero-order chi connectivity index (χ0) is 31.3. The van der Waals surface area contributed by atoms with Crippen molar-refractivity contribution in [3.05, 3.63) is 35.9 Å². The third-order valence-electron chi connectivity index (χ3n) is 6.85. The number of carbonyl (C=O) groups excluding carboxylic acids is 4. The Morgan fingerprint density at radius 1 is 0.791 bits per heavy atom. The van der Waals surface area contributed by atoms with Gasteiger partial charge in [-0.1, -0.05) is 30.3 Å². The molecule has 1 aromatic rings. The van der Waals surface area contributed by atoms with Crippen LogP contribution >= 0.6 is 0 Å². The molecule has 3 aliphatic rings. The molecule has 0 aromatic heterocycles. The summed E-state index contributed by atoms with van der Waals surface area (Å²) in [6.07, 6.45) is -13.5. The highest BCUT2D eigenvalue weighted by Crippen LogP contribution is 2.38. The second-order valence-corrected chi connectivity index (χ2v) is 10.1. The van der Waals surface area contributed by atoms with Crippen molar-refractivity contribution in [2.75, 3.05) is 20.3 Å². The molecule has 0 radical (unpaired) electrons. The summed E-state index contributed by atoms with van der Waals surface area (Å²) in [5, 5.41) is 11.3. The maximum absolute atomic E-state index is 12.2. The van der Waals surface area contributed by atoms with Crippen LogP contribution in [0.2, 0.25) is 0 Å². The van der Waals surface area contributed by atoms with Crippen molar-refractivity contribution in [3.63, 3.8) is 0 Å². The summed E-state index contributed by atoms with van der Waals surface area (Å²) < 4.78 is 57.1. The third-order valence-corrected chi connectivity index (χ3v) is 6.85. The summed E-state index contributed by atoms with van der Waals surface area (Å²) >= 11 is 0. The van der Waals surface area contributed by atoms with E-state index >= 15 is 0 Å². The zero-order valence-electron chi connectivity index (χ0n) is 24.3. The van der Waals surface area contributed by atoms with Gasteiger partial charge >= 0.3 is 23.9 Å². The lowest BCUT2D eigenvalue weighted by Crippen LogP contribution is -2.67. The first-order chi connectivity index (χ1) is 20.5. The van der Waals surface area contributed by atoms with Crippen LogP contribution < -0.4 is 0 Å². The molecule has 11 atom stereocenters. The number of methoxy groups -OCH3 is 1. The lowest BCUT2D eigenvalue weighted by Gasteiger charge is -2.50. The third kappa shape index (κ3) is 8.06. The van der Waals surface area contributed by atoms with Crippen molar-refractivity contribution in [1.82, 2.24) is 0 Å². The van der Waals surface area contributed by atoms with Crippen LogP contribution in [0.25, 0.3) is 0 Å². The van der Waals surface area contributed by atoms with E-state index < -0.39 is 98.2 Å². The molecule has 0 bridgehead atoms. The summed E-state index contributed by atoms with van der Waals surface area (Å²) in [7, 11) is 1.33. The van der Waals surface area contributed by atoms with E-state index in [2.05, 4.69) is 0 Å². The Bertz CT molecular complexity index is 1130. The second-order valence-electron chi connectivity index (χ2n) is 10.1. The highest BCUT2D eigenvalue weighted by Gasteiger charge is 2.57. The van der Waals surface area contributed by atoms with Crippen molar-refractivity contribution < 1.29 is 71.7 Å². The lowest BCUT2D eigenvalue weighted by molar-refractivity contribution is -0.390. The molecule has 0 amide bonds. The number of ether oxygens (including phenoxy) is 10. The number of esters is 4. The highest BCUT2D eigenvalue weighted by atomic mass is 16.8. The molecule has 1 N–H and O–H groups in total. The van der Waals surface area contributed by atoms with E-state index in [0.717, 1.165) is 27.7 Å². The standard InChI is InChI=1S/C28H36O15/c1-13(29)35-11-18-22(37-14(2)30)24(38-15(3)31)25(39-16(4)32)28(41-18)43-23-20(33)27(34-5)40-19-12-36-26(42-21(19)23)17-9-7-6-8-10-17/h6-10,18-28,33H,11-12H2,1-5H3/t18-,19-,20-,21+,22+,23-,24+,25-,26?,27+,28-/m1/s1. The number of fused-ring (bicyclic) bond motifs is 1. The molecular formula is C28H36O15. The number of aliphatic hydroxyl groups excluding tert-OH is 1. The van der Waals surface area contributed by atoms with Gasteiger partial charge in [0, 0.05) is 40.4 Å². The van der Waals surface area contributed by atoms with E-state index in [4.69, 9.17) is 47.4 Å². The normalized spacial score (nSPS) is 35.6. The van der Waals surface area contributed by atoms with Gasteiger partial charge in [0.25, 0.3) is 0 Å². The fourth-order valence-corrected chi connectivity index (χ4v) is 5.15. The van der Waals surface area contributed by atoms with Crippen LogP contribution in [0.15, 0.2) is 30.3 Å². The van der Waals surface area contributed by atoms with E-state index in [1.54, 1.807) is 12.1 Å². The minimum Gasteiger partial charge on any atom is -0.463 e. The minimum atomic E-state index is -1.56. The fraction of sp³-hybridized carbons (Fsp3) is 0.643. The number of hydrogen-bond acceptors (Lipinski definition) is 15. The molecule has 3 aliphatic heterocycles. The predicted molar refractivity (Wildman–Crippen MR) is 139 cm³/mol. The molecule has 1 aromatic carbocycles. The Balaban J connectivity index is 1.69. The SMILES string of the molecule is CO[C@H]1O[C@@H]2COC(c3ccccc3)O[C@@H]2[C@H](O[C@H]2O[C@H](COC(C)=O)[C@H](OC(C)=O)[C@H](OC(C)=O)[C@H]2OC(C)=O)[C@H]1O. The van der Waals surface area contributed by atoms with Gasteiger partial charge in [-0.15, -0.1) is 0 Å².